The molecule has 1 N–H and O–H groups in total. The van der Waals surface area contributed by atoms with Gasteiger partial charge < -0.3 is 14.8 Å². The summed E-state index contributed by atoms with van der Waals surface area (Å²) >= 11 is 0. The third-order valence-electron chi connectivity index (χ3n) is 4.36. The standard InChI is InChI=1S/C21H20N6O2/c1-28-17-9-7-16(8-10-17)18-13-23-26-21(25-18)22-11-15-12-24-27(14-15)19-5-3-4-6-20(19)29-2/h3-10,12-14H,11H2,1-2H3,(H,22,25,26). The molecule has 0 unspecified atom stereocenters. The Hall–Kier alpha value is -3.94. The van der Waals surface area contributed by atoms with Crippen LogP contribution in [0.25, 0.3) is 16.9 Å². The van der Waals surface area contributed by atoms with E-state index in [0.29, 0.717) is 12.5 Å². The van der Waals surface area contributed by atoms with Gasteiger partial charge in [0.05, 0.1) is 32.3 Å². The maximum absolute atomic E-state index is 5.40. The summed E-state index contributed by atoms with van der Waals surface area (Å²) in [5, 5.41) is 15.7. The topological polar surface area (TPSA) is 87.0 Å². The van der Waals surface area contributed by atoms with Gasteiger partial charge in [-0.05, 0) is 36.4 Å². The summed E-state index contributed by atoms with van der Waals surface area (Å²) in [6, 6.07) is 15.4. The van der Waals surface area contributed by atoms with E-state index in [9.17, 15) is 0 Å². The molecule has 8 nitrogen and oxygen atoms in total. The van der Waals surface area contributed by atoms with E-state index in [2.05, 4.69) is 25.6 Å². The van der Waals surface area contributed by atoms with Gasteiger partial charge in [0.15, 0.2) is 0 Å². The fourth-order valence-electron chi connectivity index (χ4n) is 2.86. The molecule has 0 spiro atoms. The van der Waals surface area contributed by atoms with Crippen LogP contribution in [0.4, 0.5) is 5.95 Å². The van der Waals surface area contributed by atoms with Crippen LogP contribution in [0.1, 0.15) is 5.56 Å². The number of nitrogens with one attached hydrogen (secondary N) is 1. The third-order valence-corrected chi connectivity index (χ3v) is 4.36. The second-order valence-corrected chi connectivity index (χ2v) is 6.21. The normalized spacial score (nSPS) is 10.6. The van der Waals surface area contributed by atoms with E-state index in [-0.39, 0.29) is 0 Å². The molecule has 8 heteroatoms. The molecule has 4 rings (SSSR count). The second-order valence-electron chi connectivity index (χ2n) is 6.21. The largest absolute Gasteiger partial charge is 0.497 e. The highest BCUT2D eigenvalue weighted by molar-refractivity contribution is 5.60. The smallest absolute Gasteiger partial charge is 0.243 e. The highest BCUT2D eigenvalue weighted by Crippen LogP contribution is 2.22. The number of methoxy groups -OCH3 is 2. The molecule has 2 aromatic heterocycles. The van der Waals surface area contributed by atoms with E-state index in [1.54, 1.807) is 31.3 Å². The van der Waals surface area contributed by atoms with Crippen LogP contribution >= 0.6 is 0 Å². The van der Waals surface area contributed by atoms with Crippen LogP contribution in [0.3, 0.4) is 0 Å². The fourth-order valence-corrected chi connectivity index (χ4v) is 2.86. The third kappa shape index (κ3) is 4.16. The molecule has 0 aliphatic heterocycles. The molecule has 0 atom stereocenters. The first-order valence-electron chi connectivity index (χ1n) is 9.02. The molecule has 0 bridgehead atoms. The summed E-state index contributed by atoms with van der Waals surface area (Å²) in [7, 11) is 3.28. The highest BCUT2D eigenvalue weighted by Gasteiger charge is 2.08. The molecule has 0 amide bonds. The van der Waals surface area contributed by atoms with Gasteiger partial charge in [-0.3, -0.25) is 0 Å². The number of ether oxygens (including phenoxy) is 2. The number of rotatable bonds is 7. The number of para-hydroxylation sites is 2. The van der Waals surface area contributed by atoms with Gasteiger partial charge in [0.25, 0.3) is 0 Å². The average molecular weight is 388 g/mol. The summed E-state index contributed by atoms with van der Waals surface area (Å²) < 4.78 is 12.4. The molecular weight excluding hydrogens is 368 g/mol. The van der Waals surface area contributed by atoms with Crippen molar-refractivity contribution in [3.8, 4) is 28.4 Å². The van der Waals surface area contributed by atoms with E-state index in [4.69, 9.17) is 9.47 Å². The Morgan fingerprint density at radius 3 is 2.59 bits per heavy atom. The summed E-state index contributed by atoms with van der Waals surface area (Å²) in [4.78, 5) is 4.53. The van der Waals surface area contributed by atoms with E-state index in [1.807, 2.05) is 54.7 Å². The minimum atomic E-state index is 0.448. The Balaban J connectivity index is 1.46. The van der Waals surface area contributed by atoms with Gasteiger partial charge >= 0.3 is 0 Å². The van der Waals surface area contributed by atoms with Crippen LogP contribution in [-0.4, -0.2) is 39.2 Å². The predicted octanol–water partition coefficient (Wildman–Crippen LogP) is 3.35. The number of hydrogen-bond donors (Lipinski definition) is 1. The van der Waals surface area contributed by atoms with Crippen LogP contribution in [0.15, 0.2) is 67.1 Å². The van der Waals surface area contributed by atoms with Crippen LogP contribution in [0, 0.1) is 0 Å². The quantitative estimate of drug-likeness (QED) is 0.519. The molecule has 146 valence electrons. The number of anilines is 1. The lowest BCUT2D eigenvalue weighted by atomic mass is 10.1. The molecule has 0 saturated heterocycles. The highest BCUT2D eigenvalue weighted by atomic mass is 16.5. The summed E-state index contributed by atoms with van der Waals surface area (Å²) in [6.07, 6.45) is 5.36. The SMILES string of the molecule is COc1ccc(-c2cnnc(NCc3cnn(-c4ccccc4OC)c3)n2)cc1. The summed E-state index contributed by atoms with van der Waals surface area (Å²) in [6.45, 7) is 0.517. The van der Waals surface area contributed by atoms with Crippen molar-refractivity contribution in [2.24, 2.45) is 0 Å². The first kappa shape index (κ1) is 18.4. The van der Waals surface area contributed by atoms with E-state index in [0.717, 1.165) is 34.0 Å². The minimum absolute atomic E-state index is 0.448. The van der Waals surface area contributed by atoms with E-state index >= 15 is 0 Å². The van der Waals surface area contributed by atoms with Crippen molar-refractivity contribution in [3.63, 3.8) is 0 Å². The lowest BCUT2D eigenvalue weighted by Gasteiger charge is -2.07. The van der Waals surface area contributed by atoms with Gasteiger partial charge in [-0.1, -0.05) is 12.1 Å². The molecule has 2 aromatic carbocycles. The molecule has 29 heavy (non-hydrogen) atoms. The molecular formula is C21H20N6O2. The summed E-state index contributed by atoms with van der Waals surface area (Å²) in [5.41, 5.74) is 3.53. The lowest BCUT2D eigenvalue weighted by molar-refractivity contribution is 0.411. The molecule has 2 heterocycles. The zero-order valence-electron chi connectivity index (χ0n) is 16.1. The molecule has 0 radical (unpaired) electrons. The van der Waals surface area contributed by atoms with Crippen molar-refractivity contribution in [2.45, 2.75) is 6.54 Å². The maximum Gasteiger partial charge on any atom is 0.243 e. The van der Waals surface area contributed by atoms with E-state index < -0.39 is 0 Å². The van der Waals surface area contributed by atoms with Gasteiger partial charge in [0.1, 0.15) is 17.2 Å². The van der Waals surface area contributed by atoms with Gasteiger partial charge in [0, 0.05) is 23.9 Å². The van der Waals surface area contributed by atoms with Crippen LogP contribution in [0.2, 0.25) is 0 Å². The second kappa shape index (κ2) is 8.39. The molecule has 0 aliphatic rings. The van der Waals surface area contributed by atoms with Gasteiger partial charge in [0.2, 0.25) is 5.95 Å². The van der Waals surface area contributed by atoms with Crippen molar-refractivity contribution in [3.05, 3.63) is 72.7 Å². The predicted molar refractivity (Wildman–Crippen MR) is 109 cm³/mol. The summed E-state index contributed by atoms with van der Waals surface area (Å²) in [5.74, 6) is 2.00. The zero-order valence-corrected chi connectivity index (χ0v) is 16.1. The number of hydrogen-bond acceptors (Lipinski definition) is 7. The first-order chi connectivity index (χ1) is 14.3. The zero-order chi connectivity index (χ0) is 20.1. The average Bonchev–Trinajstić information content (AvgIpc) is 3.27. The Morgan fingerprint density at radius 1 is 0.966 bits per heavy atom. The van der Waals surface area contributed by atoms with Crippen molar-refractivity contribution in [2.75, 3.05) is 19.5 Å². The van der Waals surface area contributed by atoms with Gasteiger partial charge in [-0.15, -0.1) is 5.10 Å². The molecule has 0 saturated carbocycles. The number of aromatic nitrogens is 5. The van der Waals surface area contributed by atoms with Crippen molar-refractivity contribution >= 4 is 5.95 Å². The monoisotopic (exact) mass is 388 g/mol. The minimum Gasteiger partial charge on any atom is -0.497 e. The van der Waals surface area contributed by atoms with Gasteiger partial charge in [-0.25, -0.2) is 9.67 Å². The van der Waals surface area contributed by atoms with Crippen LogP contribution in [0.5, 0.6) is 11.5 Å². The van der Waals surface area contributed by atoms with Crippen molar-refractivity contribution in [1.82, 2.24) is 25.0 Å². The van der Waals surface area contributed by atoms with Crippen molar-refractivity contribution < 1.29 is 9.47 Å². The number of nitrogens with zero attached hydrogens (tertiary/aromatic N) is 5. The fraction of sp³-hybridized carbons (Fsp3) is 0.143. The Bertz CT molecular complexity index is 1090. The van der Waals surface area contributed by atoms with Crippen molar-refractivity contribution in [1.29, 1.82) is 0 Å². The number of benzene rings is 2. The first-order valence-corrected chi connectivity index (χ1v) is 9.02. The molecule has 0 fully saturated rings. The molecule has 4 aromatic rings. The van der Waals surface area contributed by atoms with Crippen LogP contribution in [-0.2, 0) is 6.54 Å². The van der Waals surface area contributed by atoms with Gasteiger partial charge in [-0.2, -0.15) is 10.2 Å². The van der Waals surface area contributed by atoms with Crippen LogP contribution < -0.4 is 14.8 Å². The molecule has 0 aliphatic carbocycles. The lowest BCUT2D eigenvalue weighted by Crippen LogP contribution is -2.05. The Labute approximate surface area is 168 Å². The Kier molecular flexibility index (Phi) is 5.33. The van der Waals surface area contributed by atoms with E-state index in [1.165, 1.54) is 0 Å². The maximum atomic E-state index is 5.40. The Morgan fingerprint density at radius 2 is 1.79 bits per heavy atom.